The predicted octanol–water partition coefficient (Wildman–Crippen LogP) is 1.48. The highest BCUT2D eigenvalue weighted by Gasteiger charge is 2.02. The van der Waals surface area contributed by atoms with Crippen LogP contribution in [-0.2, 0) is 0 Å². The van der Waals surface area contributed by atoms with E-state index in [2.05, 4.69) is 5.32 Å². The smallest absolute Gasteiger partial charge is 0.251 e. The Morgan fingerprint density at radius 3 is 2.62 bits per heavy atom. The molecule has 1 amide bonds. The summed E-state index contributed by atoms with van der Waals surface area (Å²) in [6.07, 6.45) is 1.44. The molecule has 16 heavy (non-hydrogen) atoms. The Kier molecular flexibility index (Phi) is 3.83. The SMILES string of the molecule is CNC(=O)c1cccc(C=C(C#N)C#N)c1. The first kappa shape index (κ1) is 11.5. The highest BCUT2D eigenvalue weighted by atomic mass is 16.1. The summed E-state index contributed by atoms with van der Waals surface area (Å²) in [6, 6.07) is 10.2. The van der Waals surface area contributed by atoms with Gasteiger partial charge >= 0.3 is 0 Å². The van der Waals surface area contributed by atoms with Crippen LogP contribution in [-0.4, -0.2) is 13.0 Å². The maximum atomic E-state index is 11.3. The number of nitriles is 2. The molecule has 0 fully saturated rings. The van der Waals surface area contributed by atoms with E-state index in [-0.39, 0.29) is 11.5 Å². The molecule has 1 aromatic carbocycles. The summed E-state index contributed by atoms with van der Waals surface area (Å²) in [5, 5.41) is 19.7. The molecule has 0 aliphatic heterocycles. The number of nitrogens with one attached hydrogen (secondary N) is 1. The summed E-state index contributed by atoms with van der Waals surface area (Å²) < 4.78 is 0. The second-order valence-electron chi connectivity index (χ2n) is 2.99. The zero-order chi connectivity index (χ0) is 12.0. The second kappa shape index (κ2) is 5.33. The highest BCUT2D eigenvalue weighted by molar-refractivity contribution is 5.94. The molecule has 0 aliphatic rings. The maximum absolute atomic E-state index is 11.3. The molecule has 0 aliphatic carbocycles. The number of hydrogen-bond donors (Lipinski definition) is 1. The first-order valence-electron chi connectivity index (χ1n) is 4.55. The van der Waals surface area contributed by atoms with Crippen molar-refractivity contribution in [3.63, 3.8) is 0 Å². The van der Waals surface area contributed by atoms with Crippen molar-refractivity contribution < 1.29 is 4.79 Å². The van der Waals surface area contributed by atoms with E-state index in [1.54, 1.807) is 43.5 Å². The van der Waals surface area contributed by atoms with Crippen LogP contribution in [0.3, 0.4) is 0 Å². The molecule has 4 nitrogen and oxygen atoms in total. The van der Waals surface area contributed by atoms with Gasteiger partial charge in [-0.2, -0.15) is 10.5 Å². The molecular weight excluding hydrogens is 202 g/mol. The van der Waals surface area contributed by atoms with Crippen LogP contribution in [0.25, 0.3) is 6.08 Å². The lowest BCUT2D eigenvalue weighted by atomic mass is 10.1. The van der Waals surface area contributed by atoms with Gasteiger partial charge in [-0.15, -0.1) is 0 Å². The molecule has 0 radical (unpaired) electrons. The fraction of sp³-hybridized carbons (Fsp3) is 0.0833. The van der Waals surface area contributed by atoms with Gasteiger partial charge in [-0.3, -0.25) is 4.79 Å². The minimum absolute atomic E-state index is 0.00839. The van der Waals surface area contributed by atoms with Gasteiger partial charge in [0.1, 0.15) is 17.7 Å². The van der Waals surface area contributed by atoms with Crippen LogP contribution in [0, 0.1) is 22.7 Å². The van der Waals surface area contributed by atoms with E-state index in [1.807, 2.05) is 0 Å². The molecule has 4 heteroatoms. The number of carbonyl (C=O) groups excluding carboxylic acids is 1. The van der Waals surface area contributed by atoms with Crippen LogP contribution in [0.2, 0.25) is 0 Å². The summed E-state index contributed by atoms with van der Waals surface area (Å²) >= 11 is 0. The normalized spacial score (nSPS) is 8.44. The zero-order valence-electron chi connectivity index (χ0n) is 8.69. The molecule has 0 unspecified atom stereocenters. The van der Waals surface area contributed by atoms with Gasteiger partial charge in [0.25, 0.3) is 5.91 Å². The monoisotopic (exact) mass is 211 g/mol. The Balaban J connectivity index is 3.11. The third kappa shape index (κ3) is 2.70. The lowest BCUT2D eigenvalue weighted by molar-refractivity contribution is 0.0963. The molecule has 0 bridgehead atoms. The van der Waals surface area contributed by atoms with Crippen LogP contribution in [0.5, 0.6) is 0 Å². The molecule has 0 saturated carbocycles. The van der Waals surface area contributed by atoms with Gasteiger partial charge in [0.15, 0.2) is 0 Å². The lowest BCUT2D eigenvalue weighted by Gasteiger charge is -2.00. The second-order valence-corrected chi connectivity index (χ2v) is 2.99. The van der Waals surface area contributed by atoms with Crippen LogP contribution in [0.15, 0.2) is 29.8 Å². The summed E-state index contributed by atoms with van der Waals surface area (Å²) in [5.74, 6) is -0.203. The molecule has 1 N–H and O–H groups in total. The van der Waals surface area contributed by atoms with Crippen LogP contribution in [0.1, 0.15) is 15.9 Å². The standard InChI is InChI=1S/C12H9N3O/c1-15-12(16)11-4-2-3-9(6-11)5-10(7-13)8-14/h2-6H,1H3,(H,15,16). The highest BCUT2D eigenvalue weighted by Crippen LogP contribution is 2.09. The van der Waals surface area contributed by atoms with E-state index in [0.29, 0.717) is 11.1 Å². The Morgan fingerprint density at radius 1 is 1.38 bits per heavy atom. The average Bonchev–Trinajstić information content (AvgIpc) is 2.35. The Hall–Kier alpha value is -2.59. The average molecular weight is 211 g/mol. The first-order chi connectivity index (χ1) is 7.71. The van der Waals surface area contributed by atoms with Crippen molar-refractivity contribution in [2.45, 2.75) is 0 Å². The van der Waals surface area contributed by atoms with Crippen molar-refractivity contribution >= 4 is 12.0 Å². The van der Waals surface area contributed by atoms with Crippen LogP contribution in [0.4, 0.5) is 0 Å². The first-order valence-corrected chi connectivity index (χ1v) is 4.55. The summed E-state index contributed by atoms with van der Waals surface area (Å²) in [7, 11) is 1.54. The number of rotatable bonds is 2. The molecule has 0 saturated heterocycles. The predicted molar refractivity (Wildman–Crippen MR) is 59.0 cm³/mol. The third-order valence-electron chi connectivity index (χ3n) is 1.93. The maximum Gasteiger partial charge on any atom is 0.251 e. The minimum atomic E-state index is -0.203. The van der Waals surface area contributed by atoms with E-state index >= 15 is 0 Å². The fourth-order valence-corrected chi connectivity index (χ4v) is 1.17. The van der Waals surface area contributed by atoms with Gasteiger partial charge in [-0.25, -0.2) is 0 Å². The van der Waals surface area contributed by atoms with E-state index in [0.717, 1.165) is 0 Å². The van der Waals surface area contributed by atoms with E-state index < -0.39 is 0 Å². The number of nitrogens with zero attached hydrogens (tertiary/aromatic N) is 2. The Morgan fingerprint density at radius 2 is 2.06 bits per heavy atom. The molecular formula is C12H9N3O. The summed E-state index contributed by atoms with van der Waals surface area (Å²) in [4.78, 5) is 11.3. The summed E-state index contributed by atoms with van der Waals surface area (Å²) in [6.45, 7) is 0. The molecule has 0 atom stereocenters. The van der Waals surface area contributed by atoms with E-state index in [9.17, 15) is 4.79 Å². The number of benzene rings is 1. The van der Waals surface area contributed by atoms with Gasteiger partial charge in [0.05, 0.1) is 0 Å². The largest absolute Gasteiger partial charge is 0.355 e. The molecule has 0 heterocycles. The van der Waals surface area contributed by atoms with Gasteiger partial charge in [-0.1, -0.05) is 12.1 Å². The topological polar surface area (TPSA) is 76.7 Å². The number of allylic oxidation sites excluding steroid dienone is 1. The quantitative estimate of drug-likeness (QED) is 0.752. The summed E-state index contributed by atoms with van der Waals surface area (Å²) in [5.41, 5.74) is 1.15. The van der Waals surface area contributed by atoms with Crippen LogP contribution >= 0.6 is 0 Å². The van der Waals surface area contributed by atoms with Gasteiger partial charge in [0.2, 0.25) is 0 Å². The third-order valence-corrected chi connectivity index (χ3v) is 1.93. The van der Waals surface area contributed by atoms with E-state index in [1.165, 1.54) is 6.08 Å². The van der Waals surface area contributed by atoms with Crippen molar-refractivity contribution in [2.24, 2.45) is 0 Å². The number of amides is 1. The van der Waals surface area contributed by atoms with Crippen molar-refractivity contribution in [1.29, 1.82) is 10.5 Å². The zero-order valence-corrected chi connectivity index (χ0v) is 8.69. The Bertz CT molecular complexity index is 502. The fourth-order valence-electron chi connectivity index (χ4n) is 1.17. The molecule has 78 valence electrons. The molecule has 0 aromatic heterocycles. The number of carbonyl (C=O) groups is 1. The lowest BCUT2D eigenvalue weighted by Crippen LogP contribution is -2.17. The van der Waals surface area contributed by atoms with E-state index in [4.69, 9.17) is 10.5 Å². The van der Waals surface area contributed by atoms with Crippen molar-refractivity contribution in [3.8, 4) is 12.1 Å². The van der Waals surface area contributed by atoms with Gasteiger partial charge < -0.3 is 5.32 Å². The number of hydrogen-bond acceptors (Lipinski definition) is 3. The van der Waals surface area contributed by atoms with Crippen molar-refractivity contribution in [3.05, 3.63) is 41.0 Å². The van der Waals surface area contributed by atoms with Crippen molar-refractivity contribution in [2.75, 3.05) is 7.05 Å². The van der Waals surface area contributed by atoms with Crippen molar-refractivity contribution in [1.82, 2.24) is 5.32 Å². The minimum Gasteiger partial charge on any atom is -0.355 e. The molecule has 1 aromatic rings. The van der Waals surface area contributed by atoms with Gasteiger partial charge in [0, 0.05) is 12.6 Å². The van der Waals surface area contributed by atoms with Gasteiger partial charge in [-0.05, 0) is 23.8 Å². The van der Waals surface area contributed by atoms with Crippen LogP contribution < -0.4 is 5.32 Å². The Labute approximate surface area is 93.4 Å². The molecule has 1 rings (SSSR count). The molecule has 0 spiro atoms.